The van der Waals surface area contributed by atoms with Crippen LogP contribution < -0.4 is 10.6 Å². The topological polar surface area (TPSA) is 61.4 Å². The molecule has 0 saturated carbocycles. The molecule has 0 spiro atoms. The number of halogens is 2. The van der Waals surface area contributed by atoms with E-state index in [9.17, 15) is 9.59 Å². The smallest absolute Gasteiger partial charge is 0.253 e. The van der Waals surface area contributed by atoms with Crippen LogP contribution in [0.3, 0.4) is 0 Å². The van der Waals surface area contributed by atoms with Crippen LogP contribution in [0, 0.1) is 3.57 Å². The molecular weight excluding hydrogens is 477 g/mol. The van der Waals surface area contributed by atoms with Crippen LogP contribution in [0.25, 0.3) is 0 Å². The van der Waals surface area contributed by atoms with E-state index in [-0.39, 0.29) is 17.9 Å². The molecule has 0 radical (unpaired) electrons. The molecule has 0 bridgehead atoms. The summed E-state index contributed by atoms with van der Waals surface area (Å²) in [5.74, 6) is -0.161. The Hall–Kier alpha value is -1.64. The highest BCUT2D eigenvalue weighted by Gasteiger charge is 2.23. The number of piperidine rings is 1. The van der Waals surface area contributed by atoms with Gasteiger partial charge >= 0.3 is 0 Å². The highest BCUT2D eigenvalue weighted by Crippen LogP contribution is 2.17. The Morgan fingerprint density at radius 2 is 1.85 bits per heavy atom. The standard InChI is InChI=1S/C20H21ClIN3O2/c21-18-7-2-1-6-17(18)20(27)24-15-8-10-25(11-9-15)13-19(26)23-16-5-3-4-14(22)12-16/h1-7,12,15H,8-11,13H2,(H,23,26)(H,24,27). The van der Waals surface area contributed by atoms with E-state index < -0.39 is 0 Å². The lowest BCUT2D eigenvalue weighted by atomic mass is 10.0. The minimum absolute atomic E-state index is 0.0180. The van der Waals surface area contributed by atoms with E-state index in [1.165, 1.54) is 0 Å². The van der Waals surface area contributed by atoms with Gasteiger partial charge in [-0.25, -0.2) is 0 Å². The molecule has 27 heavy (non-hydrogen) atoms. The summed E-state index contributed by atoms with van der Waals surface area (Å²) in [5, 5.41) is 6.43. The number of nitrogens with one attached hydrogen (secondary N) is 2. The lowest BCUT2D eigenvalue weighted by molar-refractivity contribution is -0.117. The zero-order chi connectivity index (χ0) is 19.2. The second-order valence-corrected chi connectivity index (χ2v) is 8.22. The monoisotopic (exact) mass is 497 g/mol. The Morgan fingerprint density at radius 3 is 2.56 bits per heavy atom. The van der Waals surface area contributed by atoms with Crippen LogP contribution in [0.1, 0.15) is 23.2 Å². The molecular formula is C20H21ClIN3O2. The number of likely N-dealkylation sites (tertiary alicyclic amines) is 1. The highest BCUT2D eigenvalue weighted by atomic mass is 127. The Bertz CT molecular complexity index is 822. The predicted octanol–water partition coefficient (Wildman–Crippen LogP) is 3.78. The molecule has 1 aliphatic heterocycles. The quantitative estimate of drug-likeness (QED) is 0.618. The van der Waals surface area contributed by atoms with Crippen LogP contribution in [-0.4, -0.2) is 42.4 Å². The van der Waals surface area contributed by atoms with Crippen molar-refractivity contribution in [2.75, 3.05) is 25.0 Å². The maximum atomic E-state index is 12.3. The van der Waals surface area contributed by atoms with Crippen LogP contribution in [0.2, 0.25) is 5.02 Å². The molecule has 7 heteroatoms. The number of benzene rings is 2. The number of rotatable bonds is 5. The summed E-state index contributed by atoms with van der Waals surface area (Å²) >= 11 is 8.30. The molecule has 5 nitrogen and oxygen atoms in total. The van der Waals surface area contributed by atoms with Gasteiger partial charge in [0.2, 0.25) is 5.91 Å². The first-order chi connectivity index (χ1) is 13.0. The Kier molecular flexibility index (Phi) is 7.09. The van der Waals surface area contributed by atoms with E-state index in [2.05, 4.69) is 38.1 Å². The average Bonchev–Trinajstić information content (AvgIpc) is 2.63. The van der Waals surface area contributed by atoms with Gasteiger partial charge in [-0.15, -0.1) is 0 Å². The van der Waals surface area contributed by atoms with Gasteiger partial charge < -0.3 is 10.6 Å². The second-order valence-electron chi connectivity index (χ2n) is 6.56. The summed E-state index contributed by atoms with van der Waals surface area (Å²) in [4.78, 5) is 26.7. The summed E-state index contributed by atoms with van der Waals surface area (Å²) in [6.45, 7) is 1.90. The fraction of sp³-hybridized carbons (Fsp3) is 0.300. The van der Waals surface area contributed by atoms with E-state index in [4.69, 9.17) is 11.6 Å². The first-order valence-corrected chi connectivity index (χ1v) is 10.3. The molecule has 0 atom stereocenters. The summed E-state index contributed by atoms with van der Waals surface area (Å²) in [5.41, 5.74) is 1.31. The van der Waals surface area contributed by atoms with Gasteiger partial charge in [0.05, 0.1) is 17.1 Å². The van der Waals surface area contributed by atoms with Crippen molar-refractivity contribution in [2.45, 2.75) is 18.9 Å². The lowest BCUT2D eigenvalue weighted by Gasteiger charge is -2.31. The number of anilines is 1. The molecule has 0 aliphatic carbocycles. The molecule has 1 saturated heterocycles. The van der Waals surface area contributed by atoms with Gasteiger partial charge in [0.25, 0.3) is 5.91 Å². The number of carbonyl (C=O) groups excluding carboxylic acids is 2. The first-order valence-electron chi connectivity index (χ1n) is 8.84. The van der Waals surface area contributed by atoms with E-state index >= 15 is 0 Å². The lowest BCUT2D eigenvalue weighted by Crippen LogP contribution is -2.46. The Labute approximate surface area is 177 Å². The van der Waals surface area contributed by atoms with Crippen molar-refractivity contribution >= 4 is 51.7 Å². The van der Waals surface area contributed by atoms with E-state index in [0.29, 0.717) is 17.1 Å². The van der Waals surface area contributed by atoms with Gasteiger partial charge in [-0.3, -0.25) is 14.5 Å². The largest absolute Gasteiger partial charge is 0.349 e. The third-order valence-corrected chi connectivity index (χ3v) is 5.52. The van der Waals surface area contributed by atoms with Crippen molar-refractivity contribution in [3.8, 4) is 0 Å². The van der Waals surface area contributed by atoms with Crippen molar-refractivity contribution < 1.29 is 9.59 Å². The number of hydrogen-bond donors (Lipinski definition) is 2. The van der Waals surface area contributed by atoms with Crippen LogP contribution in [0.15, 0.2) is 48.5 Å². The minimum Gasteiger partial charge on any atom is -0.349 e. The van der Waals surface area contributed by atoms with Crippen molar-refractivity contribution in [3.63, 3.8) is 0 Å². The Morgan fingerprint density at radius 1 is 1.11 bits per heavy atom. The van der Waals surface area contributed by atoms with Crippen molar-refractivity contribution in [2.24, 2.45) is 0 Å². The number of nitrogens with zero attached hydrogens (tertiary/aromatic N) is 1. The fourth-order valence-corrected chi connectivity index (χ4v) is 3.88. The first kappa shape index (κ1) is 20.1. The third kappa shape index (κ3) is 5.92. The molecule has 0 unspecified atom stereocenters. The molecule has 2 aromatic rings. The number of hydrogen-bond acceptors (Lipinski definition) is 3. The molecule has 3 rings (SSSR count). The van der Waals surface area contributed by atoms with Gasteiger partial charge in [0.15, 0.2) is 0 Å². The van der Waals surface area contributed by atoms with Gasteiger partial charge in [0, 0.05) is 28.4 Å². The van der Waals surface area contributed by atoms with E-state index in [0.717, 1.165) is 35.2 Å². The predicted molar refractivity (Wildman–Crippen MR) is 116 cm³/mol. The van der Waals surface area contributed by atoms with Crippen molar-refractivity contribution in [1.29, 1.82) is 0 Å². The number of carbonyl (C=O) groups is 2. The summed E-state index contributed by atoms with van der Waals surface area (Å²) in [7, 11) is 0. The zero-order valence-corrected chi connectivity index (χ0v) is 17.7. The summed E-state index contributed by atoms with van der Waals surface area (Å²) < 4.78 is 1.08. The third-order valence-electron chi connectivity index (χ3n) is 4.52. The molecule has 0 aromatic heterocycles. The average molecular weight is 498 g/mol. The molecule has 1 fully saturated rings. The van der Waals surface area contributed by atoms with E-state index in [1.807, 2.05) is 24.3 Å². The maximum absolute atomic E-state index is 12.3. The second kappa shape index (κ2) is 9.52. The molecule has 2 N–H and O–H groups in total. The molecule has 2 amide bonds. The van der Waals surface area contributed by atoms with Crippen molar-refractivity contribution in [1.82, 2.24) is 10.2 Å². The van der Waals surface area contributed by atoms with Crippen LogP contribution in [0.4, 0.5) is 5.69 Å². The van der Waals surface area contributed by atoms with E-state index in [1.54, 1.807) is 24.3 Å². The molecule has 1 aliphatic rings. The van der Waals surface area contributed by atoms with Crippen molar-refractivity contribution in [3.05, 3.63) is 62.7 Å². The Balaban J connectivity index is 1.44. The summed E-state index contributed by atoms with van der Waals surface area (Å²) in [6, 6.07) is 14.9. The summed E-state index contributed by atoms with van der Waals surface area (Å²) in [6.07, 6.45) is 1.62. The molecule has 2 aromatic carbocycles. The highest BCUT2D eigenvalue weighted by molar-refractivity contribution is 14.1. The molecule has 1 heterocycles. The van der Waals surface area contributed by atoms with Gasteiger partial charge in [-0.05, 0) is 65.8 Å². The van der Waals surface area contributed by atoms with Crippen LogP contribution >= 0.6 is 34.2 Å². The van der Waals surface area contributed by atoms with Gasteiger partial charge in [-0.2, -0.15) is 0 Å². The SMILES string of the molecule is O=C(CN1CCC(NC(=O)c2ccccc2Cl)CC1)Nc1cccc(I)c1. The maximum Gasteiger partial charge on any atom is 0.253 e. The normalized spacial score (nSPS) is 15.3. The minimum atomic E-state index is -0.143. The number of amides is 2. The fourth-order valence-electron chi connectivity index (χ4n) is 3.11. The molecule has 142 valence electrons. The zero-order valence-electron chi connectivity index (χ0n) is 14.8. The van der Waals surface area contributed by atoms with Crippen LogP contribution in [0.5, 0.6) is 0 Å². The van der Waals surface area contributed by atoms with Gasteiger partial charge in [-0.1, -0.05) is 29.8 Å². The van der Waals surface area contributed by atoms with Crippen LogP contribution in [-0.2, 0) is 4.79 Å². The van der Waals surface area contributed by atoms with Gasteiger partial charge in [0.1, 0.15) is 0 Å².